The van der Waals surface area contributed by atoms with Crippen LogP contribution in [0.15, 0.2) is 76.7 Å². The zero-order chi connectivity index (χ0) is 21.8. The van der Waals surface area contributed by atoms with E-state index >= 15 is 0 Å². The molecule has 0 saturated heterocycles. The van der Waals surface area contributed by atoms with Crippen molar-refractivity contribution in [2.45, 2.75) is 16.7 Å². The maximum absolute atomic E-state index is 12.2. The Morgan fingerprint density at radius 1 is 1.03 bits per heavy atom. The number of aromatic nitrogens is 3. The lowest BCUT2D eigenvalue weighted by atomic mass is 10.2. The molecule has 0 unspecified atom stereocenters. The maximum atomic E-state index is 12.2. The smallest absolute Gasteiger partial charge is 0.252 e. The predicted octanol–water partition coefficient (Wildman–Crippen LogP) is 4.77. The highest BCUT2D eigenvalue weighted by Crippen LogP contribution is 2.33. The molecule has 0 aliphatic rings. The van der Waals surface area contributed by atoms with Crippen LogP contribution < -0.4 is 5.32 Å². The Bertz CT molecular complexity index is 1300. The predicted molar refractivity (Wildman–Crippen MR) is 123 cm³/mol. The van der Waals surface area contributed by atoms with Crippen molar-refractivity contribution in [1.82, 2.24) is 20.1 Å². The highest BCUT2D eigenvalue weighted by atomic mass is 32.2. The van der Waals surface area contributed by atoms with E-state index in [1.807, 2.05) is 66.7 Å². The van der Waals surface area contributed by atoms with Crippen molar-refractivity contribution in [2.75, 3.05) is 7.05 Å². The van der Waals surface area contributed by atoms with Crippen molar-refractivity contribution in [3.63, 3.8) is 0 Å². The molecule has 7 heteroatoms. The molecule has 0 atom stereocenters. The molecule has 0 aliphatic carbocycles. The Balaban J connectivity index is 1.73. The summed E-state index contributed by atoms with van der Waals surface area (Å²) in [6, 6.07) is 19.0. The van der Waals surface area contributed by atoms with Crippen molar-refractivity contribution in [2.24, 2.45) is 0 Å². The van der Waals surface area contributed by atoms with Gasteiger partial charge in [0.15, 0.2) is 0 Å². The van der Waals surface area contributed by atoms with Gasteiger partial charge >= 0.3 is 0 Å². The second-order valence-electron chi connectivity index (χ2n) is 6.76. The minimum atomic E-state index is -0.171. The van der Waals surface area contributed by atoms with Gasteiger partial charge < -0.3 is 5.32 Å². The highest BCUT2D eigenvalue weighted by molar-refractivity contribution is 7.99. The summed E-state index contributed by atoms with van der Waals surface area (Å²) < 4.78 is 1.40. The summed E-state index contributed by atoms with van der Waals surface area (Å²) in [7, 11) is 1.61. The van der Waals surface area contributed by atoms with Crippen LogP contribution in [-0.4, -0.2) is 33.6 Å². The Labute approximate surface area is 184 Å². The molecule has 2 heterocycles. The molecule has 2 aromatic carbocycles. The molecule has 0 saturated carbocycles. The van der Waals surface area contributed by atoms with Crippen LogP contribution in [0.25, 0.3) is 23.1 Å². The first kappa shape index (κ1) is 20.6. The molecule has 1 N–H and O–H groups in total. The van der Waals surface area contributed by atoms with E-state index in [1.165, 1.54) is 23.4 Å². The van der Waals surface area contributed by atoms with Gasteiger partial charge in [0.25, 0.3) is 5.91 Å². The largest absolute Gasteiger partial charge is 0.355 e. The summed E-state index contributed by atoms with van der Waals surface area (Å²) >= 11 is 1.47. The molecular weight excluding hydrogens is 408 g/mol. The van der Waals surface area contributed by atoms with Crippen LogP contribution in [0.2, 0.25) is 0 Å². The standard InChI is InChI=1S/C24H20N4O2S/c1-16(29)28-22-15-18(31-23-9-4-3-8-20(23)24(30)25-2)11-12-19(22)21(27-28)13-10-17-7-5-6-14-26-17/h3-15H,1-2H3,(H,25,30). The van der Waals surface area contributed by atoms with E-state index in [4.69, 9.17) is 0 Å². The summed E-state index contributed by atoms with van der Waals surface area (Å²) in [5, 5.41) is 8.03. The van der Waals surface area contributed by atoms with Gasteiger partial charge in [-0.1, -0.05) is 30.0 Å². The second-order valence-corrected chi connectivity index (χ2v) is 7.88. The van der Waals surface area contributed by atoms with Gasteiger partial charge in [-0.05, 0) is 54.6 Å². The van der Waals surface area contributed by atoms with E-state index < -0.39 is 0 Å². The zero-order valence-corrected chi connectivity index (χ0v) is 17.9. The topological polar surface area (TPSA) is 76.9 Å². The van der Waals surface area contributed by atoms with Crippen molar-refractivity contribution in [1.29, 1.82) is 0 Å². The first-order valence-electron chi connectivity index (χ1n) is 9.68. The number of carbonyl (C=O) groups excluding carboxylic acids is 2. The van der Waals surface area contributed by atoms with Crippen molar-refractivity contribution >= 4 is 46.6 Å². The number of pyridine rings is 1. The lowest BCUT2D eigenvalue weighted by Gasteiger charge is -2.08. The Hall–Kier alpha value is -3.71. The van der Waals surface area contributed by atoms with E-state index in [9.17, 15) is 9.59 Å². The minimum absolute atomic E-state index is 0.139. The zero-order valence-electron chi connectivity index (χ0n) is 17.1. The van der Waals surface area contributed by atoms with Crippen LogP contribution in [0, 0.1) is 0 Å². The van der Waals surface area contributed by atoms with Gasteiger partial charge in [0.2, 0.25) is 5.91 Å². The fourth-order valence-corrected chi connectivity index (χ4v) is 4.17. The second kappa shape index (κ2) is 8.97. The molecule has 0 aliphatic heterocycles. The molecule has 1 amide bonds. The van der Waals surface area contributed by atoms with Gasteiger partial charge in [0.05, 0.1) is 22.5 Å². The summed E-state index contributed by atoms with van der Waals surface area (Å²) in [5.74, 6) is -0.310. The van der Waals surface area contributed by atoms with Gasteiger partial charge in [0, 0.05) is 35.3 Å². The lowest BCUT2D eigenvalue weighted by Crippen LogP contribution is -2.18. The van der Waals surface area contributed by atoms with Crippen LogP contribution in [0.3, 0.4) is 0 Å². The summed E-state index contributed by atoms with van der Waals surface area (Å²) in [4.78, 5) is 30.4. The Morgan fingerprint density at radius 2 is 1.84 bits per heavy atom. The van der Waals surface area contributed by atoms with Crippen LogP contribution in [0.4, 0.5) is 0 Å². The van der Waals surface area contributed by atoms with Crippen LogP contribution in [-0.2, 0) is 0 Å². The summed E-state index contributed by atoms with van der Waals surface area (Å²) in [6.45, 7) is 1.49. The first-order chi connectivity index (χ1) is 15.1. The van der Waals surface area contributed by atoms with Crippen LogP contribution in [0.5, 0.6) is 0 Å². The Kier molecular flexibility index (Phi) is 5.95. The van der Waals surface area contributed by atoms with E-state index in [-0.39, 0.29) is 11.8 Å². The third kappa shape index (κ3) is 4.41. The number of hydrogen-bond acceptors (Lipinski definition) is 5. The van der Waals surface area contributed by atoms with E-state index in [1.54, 1.807) is 19.3 Å². The van der Waals surface area contributed by atoms with E-state index in [0.29, 0.717) is 11.3 Å². The number of benzene rings is 2. The molecule has 0 bridgehead atoms. The normalized spacial score (nSPS) is 11.2. The minimum Gasteiger partial charge on any atom is -0.355 e. The van der Waals surface area contributed by atoms with E-state index in [0.717, 1.165) is 26.4 Å². The number of rotatable bonds is 5. The molecule has 154 valence electrons. The molecule has 31 heavy (non-hydrogen) atoms. The fourth-order valence-electron chi connectivity index (χ4n) is 3.19. The molecule has 6 nitrogen and oxygen atoms in total. The van der Waals surface area contributed by atoms with Gasteiger partial charge in [-0.25, -0.2) is 0 Å². The average Bonchev–Trinajstić information content (AvgIpc) is 3.16. The summed E-state index contributed by atoms with van der Waals surface area (Å²) in [5.41, 5.74) is 2.83. The third-order valence-electron chi connectivity index (χ3n) is 4.67. The molecule has 0 spiro atoms. The maximum Gasteiger partial charge on any atom is 0.252 e. The van der Waals surface area contributed by atoms with Gasteiger partial charge in [0.1, 0.15) is 0 Å². The Morgan fingerprint density at radius 3 is 2.58 bits per heavy atom. The molecule has 4 aromatic rings. The van der Waals surface area contributed by atoms with Gasteiger partial charge in [-0.2, -0.15) is 9.78 Å². The number of carbonyl (C=O) groups is 2. The quantitative estimate of drug-likeness (QED) is 0.495. The van der Waals surface area contributed by atoms with Crippen molar-refractivity contribution in [3.8, 4) is 0 Å². The molecule has 0 radical (unpaired) electrons. The third-order valence-corrected chi connectivity index (χ3v) is 5.73. The highest BCUT2D eigenvalue weighted by Gasteiger charge is 2.15. The van der Waals surface area contributed by atoms with Gasteiger partial charge in [-0.15, -0.1) is 0 Å². The number of hydrogen-bond donors (Lipinski definition) is 1. The summed E-state index contributed by atoms with van der Waals surface area (Å²) in [6.07, 6.45) is 5.46. The molecule has 4 rings (SSSR count). The SMILES string of the molecule is CNC(=O)c1ccccc1Sc1ccc2c(C=Cc3ccccn3)nn(C(C)=O)c2c1. The molecule has 2 aromatic heterocycles. The van der Waals surface area contributed by atoms with Gasteiger partial charge in [-0.3, -0.25) is 14.6 Å². The number of fused-ring (bicyclic) bond motifs is 1. The van der Waals surface area contributed by atoms with Crippen LogP contribution in [0.1, 0.15) is 33.5 Å². The van der Waals surface area contributed by atoms with E-state index in [2.05, 4.69) is 15.4 Å². The van der Waals surface area contributed by atoms with Crippen molar-refractivity contribution < 1.29 is 9.59 Å². The monoisotopic (exact) mass is 428 g/mol. The number of amides is 1. The lowest BCUT2D eigenvalue weighted by molar-refractivity contribution is 0.0924. The van der Waals surface area contributed by atoms with Crippen molar-refractivity contribution in [3.05, 3.63) is 83.8 Å². The number of nitrogens with one attached hydrogen (secondary N) is 1. The first-order valence-corrected chi connectivity index (χ1v) is 10.5. The average molecular weight is 429 g/mol. The van der Waals surface area contributed by atoms with Crippen LogP contribution >= 0.6 is 11.8 Å². The molecular formula is C24H20N4O2S. The molecule has 0 fully saturated rings. The fraction of sp³-hybridized carbons (Fsp3) is 0.0833. The number of nitrogens with zero attached hydrogens (tertiary/aromatic N) is 3.